The first-order chi connectivity index (χ1) is 4.24. The van der Waals surface area contributed by atoms with Crippen LogP contribution in [-0.2, 0) is 4.79 Å². The highest BCUT2D eigenvalue weighted by Crippen LogP contribution is 2.30. The number of hydrogen-bond donors (Lipinski definition) is 1. The molecular formula is C7H11NO. The quantitative estimate of drug-likeness (QED) is 0.541. The smallest absolute Gasteiger partial charge is 0.217 e. The first kappa shape index (κ1) is 6.33. The lowest BCUT2D eigenvalue weighted by molar-refractivity contribution is -0.119. The molecule has 1 N–H and O–H groups in total. The molecule has 2 atom stereocenters. The number of carbonyl (C=O) groups excluding carboxylic acids is 1. The third-order valence-corrected chi connectivity index (χ3v) is 1.53. The van der Waals surface area contributed by atoms with E-state index in [1.54, 1.807) is 6.92 Å². The summed E-state index contributed by atoms with van der Waals surface area (Å²) >= 11 is 0. The van der Waals surface area contributed by atoms with E-state index < -0.39 is 0 Å². The van der Waals surface area contributed by atoms with Gasteiger partial charge in [-0.3, -0.25) is 4.79 Å². The van der Waals surface area contributed by atoms with Gasteiger partial charge in [0.1, 0.15) is 0 Å². The van der Waals surface area contributed by atoms with Gasteiger partial charge in [0.25, 0.3) is 0 Å². The van der Waals surface area contributed by atoms with E-state index in [0.29, 0.717) is 12.0 Å². The summed E-state index contributed by atoms with van der Waals surface area (Å²) in [6.45, 7) is 5.17. The van der Waals surface area contributed by atoms with Gasteiger partial charge < -0.3 is 5.32 Å². The van der Waals surface area contributed by atoms with Gasteiger partial charge in [-0.15, -0.1) is 6.58 Å². The number of amides is 1. The number of rotatable bonds is 2. The molecule has 9 heavy (non-hydrogen) atoms. The maximum atomic E-state index is 10.4. The van der Waals surface area contributed by atoms with Crippen LogP contribution in [-0.4, -0.2) is 11.9 Å². The van der Waals surface area contributed by atoms with Crippen LogP contribution in [0.1, 0.15) is 13.3 Å². The van der Waals surface area contributed by atoms with Gasteiger partial charge in [-0.25, -0.2) is 0 Å². The summed E-state index contributed by atoms with van der Waals surface area (Å²) in [4.78, 5) is 10.4. The Kier molecular flexibility index (Phi) is 1.56. The Morgan fingerprint density at radius 3 is 2.89 bits per heavy atom. The minimum Gasteiger partial charge on any atom is -0.353 e. The molecule has 0 radical (unpaired) electrons. The van der Waals surface area contributed by atoms with Crippen LogP contribution >= 0.6 is 0 Å². The Morgan fingerprint density at radius 2 is 2.56 bits per heavy atom. The second-order valence-electron chi connectivity index (χ2n) is 2.44. The molecule has 2 unspecified atom stereocenters. The fourth-order valence-electron chi connectivity index (χ4n) is 0.902. The second kappa shape index (κ2) is 2.21. The molecule has 50 valence electrons. The summed E-state index contributed by atoms with van der Waals surface area (Å²) in [7, 11) is 0. The van der Waals surface area contributed by atoms with E-state index in [-0.39, 0.29) is 5.91 Å². The Morgan fingerprint density at radius 1 is 1.89 bits per heavy atom. The second-order valence-corrected chi connectivity index (χ2v) is 2.44. The third-order valence-electron chi connectivity index (χ3n) is 1.53. The molecule has 0 aromatic rings. The maximum Gasteiger partial charge on any atom is 0.217 e. The molecule has 2 nitrogen and oxygen atoms in total. The number of hydrogen-bond acceptors (Lipinski definition) is 1. The summed E-state index contributed by atoms with van der Waals surface area (Å²) in [6, 6.07) is 0.389. The average Bonchev–Trinajstić information content (AvgIpc) is 2.45. The summed E-state index contributed by atoms with van der Waals surface area (Å²) in [5.74, 6) is 0.596. The summed E-state index contributed by atoms with van der Waals surface area (Å²) in [5.41, 5.74) is 0. The normalized spacial score (nSPS) is 31.2. The van der Waals surface area contributed by atoms with Crippen LogP contribution in [0.3, 0.4) is 0 Å². The van der Waals surface area contributed by atoms with Crippen LogP contribution in [0.4, 0.5) is 0 Å². The fraction of sp³-hybridized carbons (Fsp3) is 0.571. The Bertz CT molecular complexity index is 142. The number of nitrogens with one attached hydrogen (secondary N) is 1. The van der Waals surface area contributed by atoms with E-state index in [4.69, 9.17) is 0 Å². The van der Waals surface area contributed by atoms with Crippen molar-refractivity contribution in [2.45, 2.75) is 19.4 Å². The largest absolute Gasteiger partial charge is 0.353 e. The van der Waals surface area contributed by atoms with Gasteiger partial charge in [-0.2, -0.15) is 0 Å². The lowest BCUT2D eigenvalue weighted by Crippen LogP contribution is -2.23. The van der Waals surface area contributed by atoms with Gasteiger partial charge in [0, 0.05) is 13.0 Å². The highest BCUT2D eigenvalue weighted by molar-refractivity contribution is 5.73. The van der Waals surface area contributed by atoms with Crippen LogP contribution < -0.4 is 5.32 Å². The van der Waals surface area contributed by atoms with E-state index in [9.17, 15) is 4.79 Å². The van der Waals surface area contributed by atoms with Gasteiger partial charge >= 0.3 is 0 Å². The van der Waals surface area contributed by atoms with Gasteiger partial charge in [0.15, 0.2) is 0 Å². The van der Waals surface area contributed by atoms with Crippen LogP contribution in [0.5, 0.6) is 0 Å². The average molecular weight is 125 g/mol. The highest BCUT2D eigenvalue weighted by Gasteiger charge is 2.34. The molecular weight excluding hydrogens is 114 g/mol. The molecule has 0 bridgehead atoms. The Hall–Kier alpha value is -0.790. The van der Waals surface area contributed by atoms with Crippen LogP contribution in [0.25, 0.3) is 0 Å². The molecule has 0 saturated heterocycles. The molecule has 1 saturated carbocycles. The van der Waals surface area contributed by atoms with Crippen molar-refractivity contribution in [1.29, 1.82) is 0 Å². The molecule has 0 aromatic heterocycles. The molecule has 1 rings (SSSR count). The van der Waals surface area contributed by atoms with Gasteiger partial charge in [-0.1, -0.05) is 6.08 Å². The van der Waals surface area contributed by atoms with E-state index in [1.807, 2.05) is 6.08 Å². The Labute approximate surface area is 54.9 Å². The van der Waals surface area contributed by atoms with Crippen molar-refractivity contribution in [3.8, 4) is 0 Å². The lowest BCUT2D eigenvalue weighted by atomic mass is 10.4. The summed E-state index contributed by atoms with van der Waals surface area (Å²) in [6.07, 6.45) is 2.96. The van der Waals surface area contributed by atoms with Gasteiger partial charge in [0.2, 0.25) is 5.91 Å². The molecule has 2 heteroatoms. The van der Waals surface area contributed by atoms with Crippen molar-refractivity contribution in [1.82, 2.24) is 5.32 Å². The third kappa shape index (κ3) is 1.56. The standard InChI is InChI=1S/C7H11NO/c1-3-6-4-7(6)8-5(2)9/h3,6-7H,1,4H2,2H3,(H,8,9). The fourth-order valence-corrected chi connectivity index (χ4v) is 0.902. The minimum absolute atomic E-state index is 0.0596. The topological polar surface area (TPSA) is 29.1 Å². The molecule has 1 amide bonds. The summed E-state index contributed by atoms with van der Waals surface area (Å²) in [5, 5.41) is 2.81. The maximum absolute atomic E-state index is 10.4. The number of carbonyl (C=O) groups is 1. The molecule has 0 aromatic carbocycles. The lowest BCUT2D eigenvalue weighted by Gasteiger charge is -1.94. The monoisotopic (exact) mass is 125 g/mol. The van der Waals surface area contributed by atoms with E-state index >= 15 is 0 Å². The zero-order valence-electron chi connectivity index (χ0n) is 5.55. The predicted octanol–water partition coefficient (Wildman–Crippen LogP) is 0.697. The Balaban J connectivity index is 2.19. The first-order valence-corrected chi connectivity index (χ1v) is 3.13. The van der Waals surface area contributed by atoms with E-state index in [1.165, 1.54) is 0 Å². The van der Waals surface area contributed by atoms with E-state index in [0.717, 1.165) is 6.42 Å². The van der Waals surface area contributed by atoms with Crippen LogP contribution in [0, 0.1) is 5.92 Å². The van der Waals surface area contributed by atoms with Gasteiger partial charge in [0.05, 0.1) is 0 Å². The van der Waals surface area contributed by atoms with Crippen molar-refractivity contribution in [3.05, 3.63) is 12.7 Å². The van der Waals surface area contributed by atoms with Crippen molar-refractivity contribution < 1.29 is 4.79 Å². The molecule has 0 spiro atoms. The molecule has 0 heterocycles. The molecule has 1 aliphatic carbocycles. The molecule has 1 fully saturated rings. The molecule has 1 aliphatic rings. The predicted molar refractivity (Wildman–Crippen MR) is 35.9 cm³/mol. The first-order valence-electron chi connectivity index (χ1n) is 3.13. The zero-order valence-corrected chi connectivity index (χ0v) is 5.55. The van der Waals surface area contributed by atoms with Gasteiger partial charge in [-0.05, 0) is 12.3 Å². The SMILES string of the molecule is C=CC1CC1NC(C)=O. The molecule has 0 aliphatic heterocycles. The minimum atomic E-state index is 0.0596. The van der Waals surface area contributed by atoms with Crippen LogP contribution in [0.2, 0.25) is 0 Å². The van der Waals surface area contributed by atoms with Crippen molar-refractivity contribution in [2.24, 2.45) is 5.92 Å². The van der Waals surface area contributed by atoms with Crippen molar-refractivity contribution >= 4 is 5.91 Å². The van der Waals surface area contributed by atoms with Crippen molar-refractivity contribution in [3.63, 3.8) is 0 Å². The van der Waals surface area contributed by atoms with E-state index in [2.05, 4.69) is 11.9 Å². The van der Waals surface area contributed by atoms with Crippen molar-refractivity contribution in [2.75, 3.05) is 0 Å². The zero-order chi connectivity index (χ0) is 6.85. The van der Waals surface area contributed by atoms with Crippen LogP contribution in [0.15, 0.2) is 12.7 Å². The summed E-state index contributed by atoms with van der Waals surface area (Å²) < 4.78 is 0. The highest BCUT2D eigenvalue weighted by atomic mass is 16.1.